The summed E-state index contributed by atoms with van der Waals surface area (Å²) in [4.78, 5) is 14.6. The minimum absolute atomic E-state index is 0.239. The maximum atomic E-state index is 11.9. The smallest absolute Gasteiger partial charge is 0.222 e. The van der Waals surface area contributed by atoms with Gasteiger partial charge in [0.05, 0.1) is 4.99 Å². The summed E-state index contributed by atoms with van der Waals surface area (Å²) in [6.45, 7) is 4.01. The lowest BCUT2D eigenvalue weighted by Crippen LogP contribution is -2.33. The van der Waals surface area contributed by atoms with Crippen LogP contribution in [0.25, 0.3) is 0 Å². The normalized spacial score (nSPS) is 26.3. The highest BCUT2D eigenvalue weighted by Gasteiger charge is 2.46. The summed E-state index contributed by atoms with van der Waals surface area (Å²) in [6, 6.07) is 0. The third-order valence-corrected chi connectivity index (χ3v) is 4.17. The van der Waals surface area contributed by atoms with Crippen molar-refractivity contribution in [1.29, 1.82) is 0 Å². The summed E-state index contributed by atoms with van der Waals surface area (Å²) in [5.74, 6) is 0.908. The lowest BCUT2D eigenvalue weighted by atomic mass is 10.0. The van der Waals surface area contributed by atoms with Crippen LogP contribution in [-0.2, 0) is 4.79 Å². The Morgan fingerprint density at radius 2 is 2.29 bits per heavy atom. The van der Waals surface area contributed by atoms with Gasteiger partial charge in [0.1, 0.15) is 0 Å². The maximum absolute atomic E-state index is 11.9. The Hall–Kier alpha value is -0.640. The summed E-state index contributed by atoms with van der Waals surface area (Å²) in [5.41, 5.74) is 5.87. The number of amides is 1. The second-order valence-electron chi connectivity index (χ2n) is 5.78. The average Bonchev–Trinajstić information content (AvgIpc) is 2.87. The molecule has 0 aromatic carbocycles. The van der Waals surface area contributed by atoms with Crippen molar-refractivity contribution in [3.8, 4) is 0 Å². The van der Waals surface area contributed by atoms with Gasteiger partial charge in [-0.25, -0.2) is 0 Å². The fourth-order valence-corrected chi connectivity index (χ4v) is 3.26. The Labute approximate surface area is 109 Å². The van der Waals surface area contributed by atoms with Gasteiger partial charge in [0, 0.05) is 25.9 Å². The van der Waals surface area contributed by atoms with Crippen LogP contribution in [0.3, 0.4) is 0 Å². The van der Waals surface area contributed by atoms with E-state index in [0.717, 1.165) is 25.9 Å². The fraction of sp³-hybridized carbons (Fsp3) is 0.846. The molecule has 17 heavy (non-hydrogen) atoms. The topological polar surface area (TPSA) is 46.3 Å². The number of rotatable bonds is 6. The highest BCUT2D eigenvalue weighted by molar-refractivity contribution is 7.80. The van der Waals surface area contributed by atoms with Gasteiger partial charge < -0.3 is 10.6 Å². The SMILES string of the molecule is CCCC1CC(=O)N(CC2(CC(N)=S)CC2)C1. The van der Waals surface area contributed by atoms with E-state index >= 15 is 0 Å². The third kappa shape index (κ3) is 3.18. The first-order valence-electron chi connectivity index (χ1n) is 6.61. The van der Waals surface area contributed by atoms with E-state index in [1.165, 1.54) is 25.7 Å². The number of hydrogen-bond acceptors (Lipinski definition) is 2. The first kappa shape index (κ1) is 12.8. The highest BCUT2D eigenvalue weighted by atomic mass is 32.1. The van der Waals surface area contributed by atoms with Crippen LogP contribution in [0, 0.1) is 11.3 Å². The standard InChI is InChI=1S/C13H22N2OS/c1-2-3-10-6-12(16)15(8-10)9-13(4-5-13)7-11(14)17/h10H,2-9H2,1H3,(H2,14,17). The van der Waals surface area contributed by atoms with Crippen LogP contribution in [0.1, 0.15) is 45.4 Å². The van der Waals surface area contributed by atoms with Crippen LogP contribution in [0.2, 0.25) is 0 Å². The molecule has 1 saturated heterocycles. The highest BCUT2D eigenvalue weighted by Crippen LogP contribution is 2.50. The number of carbonyl (C=O) groups is 1. The van der Waals surface area contributed by atoms with Crippen molar-refractivity contribution in [2.75, 3.05) is 13.1 Å². The van der Waals surface area contributed by atoms with Crippen LogP contribution in [0.15, 0.2) is 0 Å². The molecule has 0 aromatic rings. The molecule has 3 nitrogen and oxygen atoms in total. The van der Waals surface area contributed by atoms with Crippen molar-refractivity contribution < 1.29 is 4.79 Å². The first-order chi connectivity index (χ1) is 8.04. The summed E-state index contributed by atoms with van der Waals surface area (Å²) in [7, 11) is 0. The van der Waals surface area contributed by atoms with Gasteiger partial charge >= 0.3 is 0 Å². The van der Waals surface area contributed by atoms with Crippen molar-refractivity contribution in [3.63, 3.8) is 0 Å². The summed E-state index contributed by atoms with van der Waals surface area (Å²) >= 11 is 4.99. The maximum Gasteiger partial charge on any atom is 0.222 e. The summed E-state index contributed by atoms with van der Waals surface area (Å²) in [5, 5.41) is 0. The lowest BCUT2D eigenvalue weighted by Gasteiger charge is -2.23. The number of hydrogen-bond donors (Lipinski definition) is 1. The molecule has 96 valence electrons. The lowest BCUT2D eigenvalue weighted by molar-refractivity contribution is -0.128. The van der Waals surface area contributed by atoms with Crippen molar-refractivity contribution in [2.45, 2.75) is 45.4 Å². The number of nitrogens with two attached hydrogens (primary N) is 1. The van der Waals surface area contributed by atoms with E-state index in [-0.39, 0.29) is 5.41 Å². The van der Waals surface area contributed by atoms with Crippen LogP contribution < -0.4 is 5.73 Å². The predicted octanol–water partition coefficient (Wildman–Crippen LogP) is 2.09. The number of nitrogens with zero attached hydrogens (tertiary/aromatic N) is 1. The van der Waals surface area contributed by atoms with Crippen LogP contribution in [-0.4, -0.2) is 28.9 Å². The monoisotopic (exact) mass is 254 g/mol. The molecule has 1 aliphatic heterocycles. The van der Waals surface area contributed by atoms with Gasteiger partial charge in [-0.05, 0) is 30.6 Å². The average molecular weight is 254 g/mol. The number of thiocarbonyl (C=S) groups is 1. The molecule has 2 rings (SSSR count). The molecule has 1 aliphatic carbocycles. The Morgan fingerprint density at radius 3 is 2.82 bits per heavy atom. The van der Waals surface area contributed by atoms with Gasteiger partial charge in [0.2, 0.25) is 5.91 Å². The zero-order chi connectivity index (χ0) is 12.5. The molecule has 0 spiro atoms. The molecule has 2 fully saturated rings. The summed E-state index contributed by atoms with van der Waals surface area (Å²) < 4.78 is 0. The molecule has 0 bridgehead atoms. The van der Waals surface area contributed by atoms with E-state index in [9.17, 15) is 4.79 Å². The predicted molar refractivity (Wildman–Crippen MR) is 72.7 cm³/mol. The van der Waals surface area contributed by atoms with Gasteiger partial charge in [0.15, 0.2) is 0 Å². The fourth-order valence-electron chi connectivity index (χ4n) is 2.95. The number of carbonyl (C=O) groups excluding carboxylic acids is 1. The van der Waals surface area contributed by atoms with Gasteiger partial charge in [-0.2, -0.15) is 0 Å². The zero-order valence-electron chi connectivity index (χ0n) is 10.6. The van der Waals surface area contributed by atoms with E-state index < -0.39 is 0 Å². The zero-order valence-corrected chi connectivity index (χ0v) is 11.4. The molecule has 2 N–H and O–H groups in total. The minimum atomic E-state index is 0.239. The molecular formula is C13H22N2OS. The van der Waals surface area contributed by atoms with Crippen molar-refractivity contribution in [1.82, 2.24) is 4.90 Å². The van der Waals surface area contributed by atoms with Gasteiger partial charge in [0.25, 0.3) is 0 Å². The minimum Gasteiger partial charge on any atom is -0.393 e. The van der Waals surface area contributed by atoms with Gasteiger partial charge in [-0.15, -0.1) is 0 Å². The molecule has 0 radical (unpaired) electrons. The van der Waals surface area contributed by atoms with Crippen LogP contribution >= 0.6 is 12.2 Å². The van der Waals surface area contributed by atoms with E-state index in [1.54, 1.807) is 0 Å². The Balaban J connectivity index is 1.87. The van der Waals surface area contributed by atoms with E-state index in [2.05, 4.69) is 6.92 Å². The molecule has 4 heteroatoms. The quantitative estimate of drug-likeness (QED) is 0.738. The molecule has 1 atom stereocenters. The molecule has 0 aromatic heterocycles. The molecule has 1 saturated carbocycles. The first-order valence-corrected chi connectivity index (χ1v) is 7.01. The van der Waals surface area contributed by atoms with E-state index in [4.69, 9.17) is 18.0 Å². The largest absolute Gasteiger partial charge is 0.393 e. The Bertz CT molecular complexity index is 325. The van der Waals surface area contributed by atoms with E-state index in [0.29, 0.717) is 16.8 Å². The van der Waals surface area contributed by atoms with Crippen molar-refractivity contribution >= 4 is 23.1 Å². The van der Waals surface area contributed by atoms with Gasteiger partial charge in [-0.1, -0.05) is 25.6 Å². The number of likely N-dealkylation sites (tertiary alicyclic amines) is 1. The van der Waals surface area contributed by atoms with Gasteiger partial charge in [-0.3, -0.25) is 4.79 Å². The molecule has 1 amide bonds. The third-order valence-electron chi connectivity index (χ3n) is 4.02. The Kier molecular flexibility index (Phi) is 3.71. The second kappa shape index (κ2) is 4.92. The summed E-state index contributed by atoms with van der Waals surface area (Å²) in [6.07, 6.45) is 6.25. The van der Waals surface area contributed by atoms with E-state index in [1.807, 2.05) is 4.90 Å². The van der Waals surface area contributed by atoms with Crippen LogP contribution in [0.5, 0.6) is 0 Å². The van der Waals surface area contributed by atoms with Crippen LogP contribution in [0.4, 0.5) is 0 Å². The van der Waals surface area contributed by atoms with Crippen molar-refractivity contribution in [2.24, 2.45) is 17.1 Å². The molecule has 2 aliphatic rings. The molecule has 1 unspecified atom stereocenters. The second-order valence-corrected chi connectivity index (χ2v) is 6.30. The molecule has 1 heterocycles. The Morgan fingerprint density at radius 1 is 1.59 bits per heavy atom. The van der Waals surface area contributed by atoms with Crippen molar-refractivity contribution in [3.05, 3.63) is 0 Å². The molecular weight excluding hydrogens is 232 g/mol.